The lowest BCUT2D eigenvalue weighted by Crippen LogP contribution is -2.09. The fraction of sp³-hybridized carbons (Fsp3) is 0.143. The largest absolute Gasteiger partial charge is 0.418 e. The van der Waals surface area contributed by atoms with Gasteiger partial charge in [-0.15, -0.1) is 0 Å². The predicted molar refractivity (Wildman–Crippen MR) is 70.3 cm³/mol. The van der Waals surface area contributed by atoms with Crippen LogP contribution in [0.1, 0.15) is 11.1 Å². The summed E-state index contributed by atoms with van der Waals surface area (Å²) >= 11 is 0. The van der Waals surface area contributed by atoms with E-state index in [0.717, 1.165) is 17.3 Å². The van der Waals surface area contributed by atoms with Crippen LogP contribution in [0, 0.1) is 6.92 Å². The highest BCUT2D eigenvalue weighted by molar-refractivity contribution is 5.65. The average Bonchev–Trinajstić information content (AvgIpc) is 2.30. The molecule has 0 aliphatic heterocycles. The minimum absolute atomic E-state index is 0.276. The average molecular weight is 266 g/mol. The highest BCUT2D eigenvalue weighted by Gasteiger charge is 2.33. The second-order valence-electron chi connectivity index (χ2n) is 4.29. The monoisotopic (exact) mass is 266 g/mol. The maximum absolute atomic E-state index is 12.7. The molecule has 5 heteroatoms. The molecular weight excluding hydrogens is 253 g/mol. The smallest absolute Gasteiger partial charge is 0.398 e. The number of benzene rings is 2. The Morgan fingerprint density at radius 3 is 2.32 bits per heavy atom. The van der Waals surface area contributed by atoms with Gasteiger partial charge in [0.25, 0.3) is 0 Å². The van der Waals surface area contributed by atoms with Crippen LogP contribution in [0.15, 0.2) is 42.5 Å². The lowest BCUT2D eigenvalue weighted by molar-refractivity contribution is -0.136. The minimum Gasteiger partial charge on any atom is -0.398 e. The zero-order chi connectivity index (χ0) is 14.0. The van der Waals surface area contributed by atoms with Crippen LogP contribution >= 0.6 is 0 Å². The van der Waals surface area contributed by atoms with Gasteiger partial charge in [-0.3, -0.25) is 0 Å². The van der Waals surface area contributed by atoms with Crippen molar-refractivity contribution in [3.8, 4) is 0 Å². The van der Waals surface area contributed by atoms with Crippen LogP contribution < -0.4 is 11.1 Å². The number of alkyl halides is 3. The SMILES string of the molecule is Cc1cccc(Nc2ccc(N)c(C(F)(F)F)c2)c1. The van der Waals surface area contributed by atoms with Crippen LogP contribution in [0.25, 0.3) is 0 Å². The van der Waals surface area contributed by atoms with Gasteiger partial charge in [-0.25, -0.2) is 0 Å². The molecule has 2 aromatic carbocycles. The van der Waals surface area contributed by atoms with Gasteiger partial charge in [-0.2, -0.15) is 13.2 Å². The Kier molecular flexibility index (Phi) is 3.38. The van der Waals surface area contributed by atoms with Crippen molar-refractivity contribution in [3.63, 3.8) is 0 Å². The molecule has 0 unspecified atom stereocenters. The molecule has 0 aliphatic rings. The third-order valence-electron chi connectivity index (χ3n) is 2.67. The predicted octanol–water partition coefficient (Wildman–Crippen LogP) is 4.34. The van der Waals surface area contributed by atoms with Crippen molar-refractivity contribution >= 4 is 17.1 Å². The first-order valence-electron chi connectivity index (χ1n) is 5.67. The summed E-state index contributed by atoms with van der Waals surface area (Å²) in [5, 5.41) is 2.93. The van der Waals surface area contributed by atoms with Gasteiger partial charge in [-0.05, 0) is 42.8 Å². The molecule has 0 spiro atoms. The van der Waals surface area contributed by atoms with Crippen LogP contribution in [0.5, 0.6) is 0 Å². The molecular formula is C14H13F3N2. The van der Waals surface area contributed by atoms with Crippen LogP contribution in [-0.4, -0.2) is 0 Å². The van der Waals surface area contributed by atoms with E-state index in [1.54, 1.807) is 6.07 Å². The molecule has 0 aliphatic carbocycles. The zero-order valence-electron chi connectivity index (χ0n) is 10.3. The lowest BCUT2D eigenvalue weighted by Gasteiger charge is -2.13. The van der Waals surface area contributed by atoms with E-state index in [0.29, 0.717) is 5.69 Å². The van der Waals surface area contributed by atoms with Crippen LogP contribution in [0.4, 0.5) is 30.2 Å². The van der Waals surface area contributed by atoms with Gasteiger partial charge in [0.1, 0.15) is 0 Å². The molecule has 0 aromatic heterocycles. The lowest BCUT2D eigenvalue weighted by atomic mass is 10.1. The summed E-state index contributed by atoms with van der Waals surface area (Å²) in [6, 6.07) is 11.2. The summed E-state index contributed by atoms with van der Waals surface area (Å²) in [6.07, 6.45) is -4.45. The number of aryl methyl sites for hydroxylation is 1. The van der Waals surface area contributed by atoms with Crippen LogP contribution in [0.3, 0.4) is 0 Å². The van der Waals surface area contributed by atoms with Crippen molar-refractivity contribution in [3.05, 3.63) is 53.6 Å². The number of nitrogen functional groups attached to an aromatic ring is 1. The maximum Gasteiger partial charge on any atom is 0.418 e. The molecule has 0 bridgehead atoms. The topological polar surface area (TPSA) is 38.0 Å². The number of anilines is 3. The third kappa shape index (κ3) is 3.19. The number of hydrogen-bond acceptors (Lipinski definition) is 2. The molecule has 0 atom stereocenters. The Labute approximate surface area is 109 Å². The molecule has 0 amide bonds. The van der Waals surface area contributed by atoms with Gasteiger partial charge < -0.3 is 11.1 Å². The van der Waals surface area contributed by atoms with E-state index in [1.807, 2.05) is 25.1 Å². The van der Waals surface area contributed by atoms with E-state index in [-0.39, 0.29) is 5.69 Å². The van der Waals surface area contributed by atoms with E-state index in [4.69, 9.17) is 5.73 Å². The van der Waals surface area contributed by atoms with Gasteiger partial charge in [0, 0.05) is 17.1 Å². The summed E-state index contributed by atoms with van der Waals surface area (Å²) in [4.78, 5) is 0. The highest BCUT2D eigenvalue weighted by atomic mass is 19.4. The van der Waals surface area contributed by atoms with E-state index in [9.17, 15) is 13.2 Å². The molecule has 2 rings (SSSR count). The summed E-state index contributed by atoms with van der Waals surface area (Å²) in [6.45, 7) is 1.91. The Hall–Kier alpha value is -2.17. The molecule has 0 fully saturated rings. The van der Waals surface area contributed by atoms with Gasteiger partial charge >= 0.3 is 6.18 Å². The summed E-state index contributed by atoms with van der Waals surface area (Å²) in [5.41, 5.74) is 6.35. The van der Waals surface area contributed by atoms with Crippen molar-refractivity contribution in [2.75, 3.05) is 11.1 Å². The Morgan fingerprint density at radius 1 is 1.00 bits per heavy atom. The van der Waals surface area contributed by atoms with Gasteiger partial charge in [0.2, 0.25) is 0 Å². The second-order valence-corrected chi connectivity index (χ2v) is 4.29. The molecule has 0 radical (unpaired) electrons. The number of rotatable bonds is 2. The van der Waals surface area contributed by atoms with E-state index >= 15 is 0 Å². The fourth-order valence-electron chi connectivity index (χ4n) is 1.77. The molecule has 0 saturated heterocycles. The first-order valence-corrected chi connectivity index (χ1v) is 5.67. The van der Waals surface area contributed by atoms with E-state index in [2.05, 4.69) is 5.32 Å². The zero-order valence-corrected chi connectivity index (χ0v) is 10.3. The summed E-state index contributed by atoms with van der Waals surface area (Å²) in [7, 11) is 0. The van der Waals surface area contributed by atoms with Crippen LogP contribution in [0.2, 0.25) is 0 Å². The molecule has 2 aromatic rings. The Balaban J connectivity index is 2.32. The number of hydrogen-bond donors (Lipinski definition) is 2. The fourth-order valence-corrected chi connectivity index (χ4v) is 1.77. The standard InChI is InChI=1S/C14H13F3N2/c1-9-3-2-4-10(7-9)19-11-5-6-13(18)12(8-11)14(15,16)17/h2-8,19H,18H2,1H3. The first-order chi connectivity index (χ1) is 8.86. The maximum atomic E-state index is 12.7. The molecule has 0 saturated carbocycles. The first kappa shape index (κ1) is 13.3. The van der Waals surface area contributed by atoms with Gasteiger partial charge in [-0.1, -0.05) is 12.1 Å². The summed E-state index contributed by atoms with van der Waals surface area (Å²) < 4.78 is 38.2. The highest BCUT2D eigenvalue weighted by Crippen LogP contribution is 2.35. The normalized spacial score (nSPS) is 11.4. The van der Waals surface area contributed by atoms with Crippen molar-refractivity contribution in [1.82, 2.24) is 0 Å². The van der Waals surface area contributed by atoms with Crippen LogP contribution in [-0.2, 0) is 6.18 Å². The Morgan fingerprint density at radius 2 is 1.68 bits per heavy atom. The molecule has 100 valence electrons. The quantitative estimate of drug-likeness (QED) is 0.793. The van der Waals surface area contributed by atoms with E-state index < -0.39 is 11.7 Å². The van der Waals surface area contributed by atoms with Crippen molar-refractivity contribution < 1.29 is 13.2 Å². The molecule has 3 N–H and O–H groups in total. The molecule has 2 nitrogen and oxygen atoms in total. The van der Waals surface area contributed by atoms with E-state index in [1.165, 1.54) is 12.1 Å². The van der Waals surface area contributed by atoms with Gasteiger partial charge in [0.05, 0.1) is 5.56 Å². The van der Waals surface area contributed by atoms with Crippen molar-refractivity contribution in [2.24, 2.45) is 0 Å². The number of halogens is 3. The van der Waals surface area contributed by atoms with Crippen molar-refractivity contribution in [1.29, 1.82) is 0 Å². The minimum atomic E-state index is -4.45. The number of nitrogens with one attached hydrogen (secondary N) is 1. The summed E-state index contributed by atoms with van der Waals surface area (Å²) in [5.74, 6) is 0. The van der Waals surface area contributed by atoms with Gasteiger partial charge in [0.15, 0.2) is 0 Å². The Bertz CT molecular complexity index is 591. The third-order valence-corrected chi connectivity index (χ3v) is 2.67. The second kappa shape index (κ2) is 4.84. The molecule has 19 heavy (non-hydrogen) atoms. The molecule has 0 heterocycles. The van der Waals surface area contributed by atoms with Crippen molar-refractivity contribution in [2.45, 2.75) is 13.1 Å². The number of nitrogens with two attached hydrogens (primary N) is 1.